The quantitative estimate of drug-likeness (QED) is 0.793. The first-order chi connectivity index (χ1) is 10.3. The van der Waals surface area contributed by atoms with Crippen LogP contribution in [0.15, 0.2) is 18.2 Å². The van der Waals surface area contributed by atoms with Crippen LogP contribution in [-0.2, 0) is 4.74 Å². The van der Waals surface area contributed by atoms with Gasteiger partial charge in [0.15, 0.2) is 0 Å². The standard InChI is InChI=1S/C18H27NO3/c1-7-13-10-12(2)19(17(20)22-18(3,4)5)16-11-14(21-6)8-9-15(13)16/h8-9,11-13H,7,10H2,1-6H3. The molecule has 0 spiro atoms. The van der Waals surface area contributed by atoms with Crippen molar-refractivity contribution in [2.24, 2.45) is 0 Å². The third kappa shape index (κ3) is 3.37. The van der Waals surface area contributed by atoms with E-state index in [1.807, 2.05) is 32.9 Å². The first-order valence-electron chi connectivity index (χ1n) is 7.97. The SMILES string of the molecule is CCC1CC(C)N(C(=O)OC(C)(C)C)c2cc(OC)ccc21. The fourth-order valence-corrected chi connectivity index (χ4v) is 3.06. The molecule has 22 heavy (non-hydrogen) atoms. The number of hydrogen-bond acceptors (Lipinski definition) is 3. The molecular weight excluding hydrogens is 278 g/mol. The summed E-state index contributed by atoms with van der Waals surface area (Å²) in [5, 5.41) is 0. The molecule has 0 N–H and O–H groups in total. The summed E-state index contributed by atoms with van der Waals surface area (Å²) in [5.41, 5.74) is 1.61. The summed E-state index contributed by atoms with van der Waals surface area (Å²) in [4.78, 5) is 14.4. The van der Waals surface area contributed by atoms with Gasteiger partial charge >= 0.3 is 6.09 Å². The zero-order chi connectivity index (χ0) is 16.5. The highest BCUT2D eigenvalue weighted by atomic mass is 16.6. The lowest BCUT2D eigenvalue weighted by Gasteiger charge is -2.39. The second-order valence-corrected chi connectivity index (χ2v) is 6.96. The average Bonchev–Trinajstić information content (AvgIpc) is 2.43. The molecule has 0 aromatic heterocycles. The molecule has 1 amide bonds. The van der Waals surface area contributed by atoms with Gasteiger partial charge in [0.25, 0.3) is 0 Å². The van der Waals surface area contributed by atoms with Crippen LogP contribution >= 0.6 is 0 Å². The van der Waals surface area contributed by atoms with Gasteiger partial charge in [-0.15, -0.1) is 0 Å². The third-order valence-electron chi connectivity index (χ3n) is 4.09. The van der Waals surface area contributed by atoms with Crippen LogP contribution in [0.1, 0.15) is 58.9 Å². The number of fused-ring (bicyclic) bond motifs is 1. The zero-order valence-electron chi connectivity index (χ0n) is 14.5. The molecule has 0 saturated carbocycles. The smallest absolute Gasteiger partial charge is 0.415 e. The Labute approximate surface area is 133 Å². The molecule has 1 heterocycles. The molecule has 0 radical (unpaired) electrons. The van der Waals surface area contributed by atoms with Crippen LogP contribution in [-0.4, -0.2) is 24.8 Å². The van der Waals surface area contributed by atoms with Crippen LogP contribution in [0.5, 0.6) is 5.75 Å². The zero-order valence-corrected chi connectivity index (χ0v) is 14.5. The second kappa shape index (κ2) is 6.19. The van der Waals surface area contributed by atoms with E-state index in [0.717, 1.165) is 24.3 Å². The van der Waals surface area contributed by atoms with Crippen molar-refractivity contribution < 1.29 is 14.3 Å². The van der Waals surface area contributed by atoms with Gasteiger partial charge in [0, 0.05) is 12.1 Å². The van der Waals surface area contributed by atoms with Crippen LogP contribution in [0.4, 0.5) is 10.5 Å². The molecule has 122 valence electrons. The Bertz CT molecular complexity index is 548. The molecule has 4 nitrogen and oxygen atoms in total. The number of ether oxygens (including phenoxy) is 2. The molecule has 2 rings (SSSR count). The Hall–Kier alpha value is -1.71. The number of benzene rings is 1. The summed E-state index contributed by atoms with van der Waals surface area (Å²) in [5.74, 6) is 1.23. The van der Waals surface area contributed by atoms with Crippen molar-refractivity contribution in [1.29, 1.82) is 0 Å². The van der Waals surface area contributed by atoms with E-state index >= 15 is 0 Å². The normalized spacial score (nSPS) is 21.3. The third-order valence-corrected chi connectivity index (χ3v) is 4.09. The summed E-state index contributed by atoms with van der Waals surface area (Å²) in [6.45, 7) is 9.94. The van der Waals surface area contributed by atoms with E-state index in [1.165, 1.54) is 5.56 Å². The Kier molecular flexibility index (Phi) is 4.69. The van der Waals surface area contributed by atoms with E-state index in [9.17, 15) is 4.79 Å². The molecule has 1 aromatic rings. The number of amides is 1. The highest BCUT2D eigenvalue weighted by Crippen LogP contribution is 2.42. The van der Waals surface area contributed by atoms with Crippen LogP contribution in [0, 0.1) is 0 Å². The summed E-state index contributed by atoms with van der Waals surface area (Å²) < 4.78 is 10.9. The van der Waals surface area contributed by atoms with Crippen molar-refractivity contribution >= 4 is 11.8 Å². The number of anilines is 1. The fraction of sp³-hybridized carbons (Fsp3) is 0.611. The van der Waals surface area contributed by atoms with Crippen LogP contribution in [0.3, 0.4) is 0 Å². The van der Waals surface area contributed by atoms with Gasteiger partial charge in [0.05, 0.1) is 12.8 Å². The second-order valence-electron chi connectivity index (χ2n) is 6.96. The molecule has 2 atom stereocenters. The molecule has 0 aliphatic carbocycles. The van der Waals surface area contributed by atoms with Crippen molar-refractivity contribution in [3.8, 4) is 5.75 Å². The van der Waals surface area contributed by atoms with Gasteiger partial charge in [-0.25, -0.2) is 4.79 Å². The number of nitrogens with zero attached hydrogens (tertiary/aromatic N) is 1. The fourth-order valence-electron chi connectivity index (χ4n) is 3.06. The molecule has 0 fully saturated rings. The first kappa shape index (κ1) is 16.7. The van der Waals surface area contributed by atoms with E-state index in [4.69, 9.17) is 9.47 Å². The maximum Gasteiger partial charge on any atom is 0.415 e. The maximum atomic E-state index is 12.6. The Morgan fingerprint density at radius 2 is 2.05 bits per heavy atom. The monoisotopic (exact) mass is 305 g/mol. The minimum Gasteiger partial charge on any atom is -0.497 e. The molecule has 0 saturated heterocycles. The molecule has 1 aliphatic rings. The minimum absolute atomic E-state index is 0.111. The first-order valence-corrected chi connectivity index (χ1v) is 7.97. The summed E-state index contributed by atoms with van der Waals surface area (Å²) in [6, 6.07) is 6.09. The van der Waals surface area contributed by atoms with Gasteiger partial charge in [-0.2, -0.15) is 0 Å². The number of carbonyl (C=O) groups is 1. The molecule has 0 bridgehead atoms. The Balaban J connectivity index is 2.44. The number of methoxy groups -OCH3 is 1. The number of carbonyl (C=O) groups excluding carboxylic acids is 1. The lowest BCUT2D eigenvalue weighted by Crippen LogP contribution is -2.45. The van der Waals surface area contributed by atoms with Crippen molar-refractivity contribution in [1.82, 2.24) is 0 Å². The Morgan fingerprint density at radius 1 is 1.36 bits per heavy atom. The maximum absolute atomic E-state index is 12.6. The minimum atomic E-state index is -0.503. The van der Waals surface area contributed by atoms with Crippen LogP contribution in [0.2, 0.25) is 0 Å². The molecular formula is C18H27NO3. The predicted molar refractivity (Wildman–Crippen MR) is 88.8 cm³/mol. The lowest BCUT2D eigenvalue weighted by molar-refractivity contribution is 0.0561. The summed E-state index contributed by atoms with van der Waals surface area (Å²) >= 11 is 0. The summed E-state index contributed by atoms with van der Waals surface area (Å²) in [6.07, 6.45) is 1.73. The Morgan fingerprint density at radius 3 is 2.59 bits per heavy atom. The van der Waals surface area contributed by atoms with Gasteiger partial charge in [0.2, 0.25) is 0 Å². The topological polar surface area (TPSA) is 38.8 Å². The van der Waals surface area contributed by atoms with Gasteiger partial charge in [-0.05, 0) is 58.1 Å². The van der Waals surface area contributed by atoms with Crippen molar-refractivity contribution in [2.45, 2.75) is 65.0 Å². The molecule has 4 heteroatoms. The molecule has 1 aliphatic heterocycles. The highest BCUT2D eigenvalue weighted by Gasteiger charge is 2.35. The van der Waals surface area contributed by atoms with Crippen molar-refractivity contribution in [3.05, 3.63) is 23.8 Å². The molecule has 2 unspecified atom stereocenters. The highest BCUT2D eigenvalue weighted by molar-refractivity contribution is 5.90. The summed E-state index contributed by atoms with van der Waals surface area (Å²) in [7, 11) is 1.64. The van der Waals surface area contributed by atoms with Crippen molar-refractivity contribution in [2.75, 3.05) is 12.0 Å². The van der Waals surface area contributed by atoms with E-state index in [1.54, 1.807) is 12.0 Å². The lowest BCUT2D eigenvalue weighted by atomic mass is 9.84. The van der Waals surface area contributed by atoms with E-state index in [2.05, 4.69) is 19.9 Å². The average molecular weight is 305 g/mol. The largest absolute Gasteiger partial charge is 0.497 e. The van der Waals surface area contributed by atoms with Crippen LogP contribution < -0.4 is 9.64 Å². The molecule has 1 aromatic carbocycles. The van der Waals surface area contributed by atoms with Gasteiger partial charge in [0.1, 0.15) is 11.4 Å². The van der Waals surface area contributed by atoms with E-state index in [-0.39, 0.29) is 12.1 Å². The van der Waals surface area contributed by atoms with Gasteiger partial charge in [-0.3, -0.25) is 4.90 Å². The predicted octanol–water partition coefficient (Wildman–Crippen LogP) is 4.72. The number of hydrogen-bond donors (Lipinski definition) is 0. The van der Waals surface area contributed by atoms with Gasteiger partial charge in [-0.1, -0.05) is 13.0 Å². The van der Waals surface area contributed by atoms with Crippen LogP contribution in [0.25, 0.3) is 0 Å². The van der Waals surface area contributed by atoms with Crippen molar-refractivity contribution in [3.63, 3.8) is 0 Å². The number of rotatable bonds is 2. The van der Waals surface area contributed by atoms with E-state index < -0.39 is 5.60 Å². The van der Waals surface area contributed by atoms with E-state index in [0.29, 0.717) is 5.92 Å². The van der Waals surface area contributed by atoms with Gasteiger partial charge < -0.3 is 9.47 Å².